The molecule has 0 N–H and O–H groups in total. The Morgan fingerprint density at radius 1 is 1.23 bits per heavy atom. The fourth-order valence-corrected chi connectivity index (χ4v) is 5.88. The summed E-state index contributed by atoms with van der Waals surface area (Å²) in [7, 11) is 0. The van der Waals surface area contributed by atoms with Crippen LogP contribution in [-0.4, -0.2) is 41.0 Å². The monoisotopic (exact) mass is 552 g/mol. The number of aromatic nitrogens is 1. The molecule has 3 heterocycles. The number of amides is 1. The lowest BCUT2D eigenvalue weighted by Gasteiger charge is -2.31. The zero-order valence-electron chi connectivity index (χ0n) is 16.6. The summed E-state index contributed by atoms with van der Waals surface area (Å²) in [6, 6.07) is 10.1. The Balaban J connectivity index is 1.65. The van der Waals surface area contributed by atoms with Gasteiger partial charge in [0, 0.05) is 29.5 Å². The molecule has 2 aromatic heterocycles. The van der Waals surface area contributed by atoms with Gasteiger partial charge in [-0.3, -0.25) is 9.59 Å². The summed E-state index contributed by atoms with van der Waals surface area (Å²) in [6.45, 7) is 3.85. The number of nitrogens with zero attached hydrogens (tertiary/aromatic N) is 2. The van der Waals surface area contributed by atoms with Crippen molar-refractivity contribution in [3.05, 3.63) is 55.9 Å². The highest BCUT2D eigenvalue weighted by Gasteiger charge is 2.31. The first-order valence-corrected chi connectivity index (χ1v) is 12.4. The topological polar surface area (TPSA) is 51.5 Å². The fourth-order valence-electron chi connectivity index (χ4n) is 3.92. The Bertz CT molecular complexity index is 1070. The van der Waals surface area contributed by atoms with Crippen LogP contribution < -0.4 is 0 Å². The third-order valence-electron chi connectivity index (χ3n) is 5.38. The van der Waals surface area contributed by atoms with E-state index in [1.165, 1.54) is 0 Å². The van der Waals surface area contributed by atoms with E-state index in [0.717, 1.165) is 37.6 Å². The summed E-state index contributed by atoms with van der Waals surface area (Å²) in [5.74, 6) is -0.481. The van der Waals surface area contributed by atoms with E-state index in [2.05, 4.69) is 53.9 Å². The number of esters is 1. The number of likely N-dealkylation sites (tertiary alicyclic amines) is 1. The molecule has 158 valence electrons. The Morgan fingerprint density at radius 3 is 2.73 bits per heavy atom. The van der Waals surface area contributed by atoms with Gasteiger partial charge in [0.1, 0.15) is 5.69 Å². The predicted molar refractivity (Wildman–Crippen MR) is 126 cm³/mol. The molecule has 1 atom stereocenters. The number of rotatable bonds is 5. The molecule has 8 heteroatoms. The van der Waals surface area contributed by atoms with Crippen LogP contribution in [0.3, 0.4) is 0 Å². The molecule has 1 aliphatic heterocycles. The molecule has 0 saturated carbocycles. The first kappa shape index (κ1) is 21.6. The van der Waals surface area contributed by atoms with Crippen molar-refractivity contribution in [2.24, 2.45) is 5.92 Å². The van der Waals surface area contributed by atoms with Gasteiger partial charge in [-0.15, -0.1) is 11.3 Å². The lowest BCUT2D eigenvalue weighted by molar-refractivity contribution is -0.149. The molecule has 3 aromatic rings. The number of benzene rings is 1. The maximum Gasteiger partial charge on any atom is 0.310 e. The van der Waals surface area contributed by atoms with Gasteiger partial charge < -0.3 is 14.2 Å². The zero-order valence-corrected chi connectivity index (χ0v) is 20.6. The van der Waals surface area contributed by atoms with Crippen molar-refractivity contribution < 1.29 is 14.3 Å². The molecule has 0 bridgehead atoms. The number of fused-ring (bicyclic) bond motifs is 1. The number of hydrogen-bond donors (Lipinski definition) is 0. The Kier molecular flexibility index (Phi) is 6.65. The quantitative estimate of drug-likeness (QED) is 0.381. The van der Waals surface area contributed by atoms with E-state index in [1.54, 1.807) is 16.2 Å². The van der Waals surface area contributed by atoms with Crippen LogP contribution in [-0.2, 0) is 16.1 Å². The number of thiophene rings is 1. The minimum absolute atomic E-state index is 0.0311. The number of carbonyl (C=O) groups is 2. The van der Waals surface area contributed by atoms with Gasteiger partial charge in [-0.2, -0.15) is 0 Å². The fraction of sp³-hybridized carbons (Fsp3) is 0.364. The molecule has 0 spiro atoms. The van der Waals surface area contributed by atoms with Gasteiger partial charge in [0.2, 0.25) is 0 Å². The summed E-state index contributed by atoms with van der Waals surface area (Å²) in [4.78, 5) is 27.5. The molecule has 1 saturated heterocycles. The van der Waals surface area contributed by atoms with Crippen molar-refractivity contribution in [1.29, 1.82) is 0 Å². The zero-order chi connectivity index (χ0) is 21.3. The molecule has 1 amide bonds. The van der Waals surface area contributed by atoms with Gasteiger partial charge in [0.15, 0.2) is 0 Å². The van der Waals surface area contributed by atoms with Crippen LogP contribution in [0.15, 0.2) is 44.7 Å². The van der Waals surface area contributed by atoms with Crippen molar-refractivity contribution in [2.45, 2.75) is 26.3 Å². The largest absolute Gasteiger partial charge is 0.466 e. The molecule has 30 heavy (non-hydrogen) atoms. The third kappa shape index (κ3) is 4.36. The van der Waals surface area contributed by atoms with Crippen molar-refractivity contribution in [3.63, 3.8) is 0 Å². The first-order valence-electron chi connectivity index (χ1n) is 9.94. The van der Waals surface area contributed by atoms with Gasteiger partial charge in [-0.25, -0.2) is 0 Å². The van der Waals surface area contributed by atoms with Gasteiger partial charge in [0.05, 0.1) is 27.2 Å². The minimum atomic E-state index is -0.245. The van der Waals surface area contributed by atoms with E-state index in [0.29, 0.717) is 31.9 Å². The van der Waals surface area contributed by atoms with E-state index in [-0.39, 0.29) is 17.8 Å². The highest BCUT2D eigenvalue weighted by atomic mass is 79.9. The SMILES string of the molecule is CCOC(=O)C1CCCN(C(=O)c2cc3scc(Br)c3n2Cc2ccc(Br)cc2)C1. The predicted octanol–water partition coefficient (Wildman–Crippen LogP) is 5.69. The van der Waals surface area contributed by atoms with Crippen LogP contribution >= 0.6 is 43.2 Å². The highest BCUT2D eigenvalue weighted by Crippen LogP contribution is 2.34. The van der Waals surface area contributed by atoms with Crippen LogP contribution in [0.4, 0.5) is 0 Å². The maximum atomic E-state index is 13.5. The van der Waals surface area contributed by atoms with E-state index in [1.807, 2.05) is 25.1 Å². The summed E-state index contributed by atoms with van der Waals surface area (Å²) in [5, 5.41) is 2.05. The second-order valence-corrected chi connectivity index (χ2v) is 10.1. The second-order valence-electron chi connectivity index (χ2n) is 7.38. The Hall–Kier alpha value is -1.64. The number of piperidine rings is 1. The molecule has 5 nitrogen and oxygen atoms in total. The van der Waals surface area contributed by atoms with Crippen LogP contribution in [0, 0.1) is 5.92 Å². The van der Waals surface area contributed by atoms with Crippen molar-refractivity contribution in [3.8, 4) is 0 Å². The number of hydrogen-bond acceptors (Lipinski definition) is 4. The second kappa shape index (κ2) is 9.24. The number of carbonyl (C=O) groups excluding carboxylic acids is 2. The average Bonchev–Trinajstić information content (AvgIpc) is 3.29. The number of ether oxygens (including phenoxy) is 1. The van der Waals surface area contributed by atoms with Gasteiger partial charge in [-0.05, 0) is 59.5 Å². The molecule has 1 aliphatic rings. The lowest BCUT2D eigenvalue weighted by atomic mass is 9.98. The maximum absolute atomic E-state index is 13.5. The standard InChI is InChI=1S/C22H22Br2N2O3S/c1-2-29-22(28)15-4-3-9-25(12-15)21(27)18-10-19-20(17(24)13-30-19)26(18)11-14-5-7-16(23)8-6-14/h5-8,10,13,15H,2-4,9,11-12H2,1H3. The molecule has 1 aromatic carbocycles. The summed E-state index contributed by atoms with van der Waals surface area (Å²) in [5.41, 5.74) is 2.81. The van der Waals surface area contributed by atoms with Crippen molar-refractivity contribution >= 4 is 65.3 Å². The van der Waals surface area contributed by atoms with E-state index < -0.39 is 0 Å². The Morgan fingerprint density at radius 2 is 2.00 bits per heavy atom. The van der Waals surface area contributed by atoms with Crippen molar-refractivity contribution in [1.82, 2.24) is 9.47 Å². The van der Waals surface area contributed by atoms with E-state index in [4.69, 9.17) is 4.74 Å². The number of halogens is 2. The normalized spacial score (nSPS) is 16.8. The summed E-state index contributed by atoms with van der Waals surface area (Å²) < 4.78 is 10.3. The Labute approximate surface area is 196 Å². The van der Waals surface area contributed by atoms with E-state index in [9.17, 15) is 9.59 Å². The van der Waals surface area contributed by atoms with E-state index >= 15 is 0 Å². The smallest absolute Gasteiger partial charge is 0.310 e. The molecule has 1 fully saturated rings. The van der Waals surface area contributed by atoms with Gasteiger partial charge >= 0.3 is 5.97 Å². The lowest BCUT2D eigenvalue weighted by Crippen LogP contribution is -2.43. The molecule has 0 aliphatic carbocycles. The molecular weight excluding hydrogens is 532 g/mol. The minimum Gasteiger partial charge on any atom is -0.466 e. The van der Waals surface area contributed by atoms with Crippen LogP contribution in [0.5, 0.6) is 0 Å². The third-order valence-corrected chi connectivity index (χ3v) is 7.73. The first-order chi connectivity index (χ1) is 14.5. The van der Waals surface area contributed by atoms with Crippen LogP contribution in [0.1, 0.15) is 35.8 Å². The van der Waals surface area contributed by atoms with Gasteiger partial charge in [-0.1, -0.05) is 28.1 Å². The molecule has 1 unspecified atom stereocenters. The molecule has 0 radical (unpaired) electrons. The molecular formula is C22H22Br2N2O3S. The summed E-state index contributed by atoms with van der Waals surface area (Å²) in [6.07, 6.45) is 1.57. The summed E-state index contributed by atoms with van der Waals surface area (Å²) >= 11 is 8.74. The van der Waals surface area contributed by atoms with Crippen LogP contribution in [0.2, 0.25) is 0 Å². The molecule has 4 rings (SSSR count). The average molecular weight is 554 g/mol. The van der Waals surface area contributed by atoms with Crippen LogP contribution in [0.25, 0.3) is 10.2 Å². The highest BCUT2D eigenvalue weighted by molar-refractivity contribution is 9.11. The van der Waals surface area contributed by atoms with Crippen molar-refractivity contribution in [2.75, 3.05) is 19.7 Å². The van der Waals surface area contributed by atoms with Gasteiger partial charge in [0.25, 0.3) is 5.91 Å².